The van der Waals surface area contributed by atoms with Crippen molar-refractivity contribution in [1.82, 2.24) is 10.3 Å². The van der Waals surface area contributed by atoms with Gasteiger partial charge in [0.15, 0.2) is 0 Å². The van der Waals surface area contributed by atoms with E-state index in [1.807, 2.05) is 49.4 Å². The van der Waals surface area contributed by atoms with E-state index in [1.54, 1.807) is 6.20 Å². The topological polar surface area (TPSA) is 63.2 Å². The average molecular weight is 285 g/mol. The van der Waals surface area contributed by atoms with Crippen LogP contribution in [0, 0.1) is 0 Å². The Hall–Kier alpha value is -2.56. The summed E-state index contributed by atoms with van der Waals surface area (Å²) >= 11 is 0. The van der Waals surface area contributed by atoms with Gasteiger partial charge in [-0.15, -0.1) is 0 Å². The maximum absolute atomic E-state index is 11.9. The van der Waals surface area contributed by atoms with Crippen LogP contribution in [-0.2, 0) is 6.54 Å². The lowest BCUT2D eigenvalue weighted by molar-refractivity contribution is 0.251. The first-order valence-electron chi connectivity index (χ1n) is 6.96. The maximum Gasteiger partial charge on any atom is 0.319 e. The monoisotopic (exact) mass is 285 g/mol. The standard InChI is InChI=1S/C16H19N3O2/c1-2-11-21-15-9-4-3-8-14(15)19-16(20)18-12-13-7-5-6-10-17-13/h3-10H,2,11-12H2,1H3,(H2,18,19,20). The smallest absolute Gasteiger partial charge is 0.319 e. The largest absolute Gasteiger partial charge is 0.491 e. The number of ether oxygens (including phenoxy) is 1. The van der Waals surface area contributed by atoms with Crippen molar-refractivity contribution >= 4 is 11.7 Å². The Morgan fingerprint density at radius 2 is 2.00 bits per heavy atom. The van der Waals surface area contributed by atoms with Crippen molar-refractivity contribution in [2.75, 3.05) is 11.9 Å². The molecule has 5 nitrogen and oxygen atoms in total. The molecule has 0 radical (unpaired) electrons. The predicted molar refractivity (Wildman–Crippen MR) is 82.3 cm³/mol. The molecule has 0 spiro atoms. The number of hydrogen-bond donors (Lipinski definition) is 2. The van der Waals surface area contributed by atoms with E-state index >= 15 is 0 Å². The fourth-order valence-corrected chi connectivity index (χ4v) is 1.75. The molecule has 5 heteroatoms. The highest BCUT2D eigenvalue weighted by Crippen LogP contribution is 2.23. The van der Waals surface area contributed by atoms with Crippen LogP contribution in [0.3, 0.4) is 0 Å². The van der Waals surface area contributed by atoms with E-state index in [9.17, 15) is 4.79 Å². The molecule has 0 aliphatic carbocycles. The SMILES string of the molecule is CCCOc1ccccc1NC(=O)NCc1ccccn1. The highest BCUT2D eigenvalue weighted by atomic mass is 16.5. The van der Waals surface area contributed by atoms with Gasteiger partial charge in [0.05, 0.1) is 24.5 Å². The minimum Gasteiger partial charge on any atom is -0.491 e. The van der Waals surface area contributed by atoms with E-state index in [0.717, 1.165) is 12.1 Å². The van der Waals surface area contributed by atoms with Crippen LogP contribution >= 0.6 is 0 Å². The fourth-order valence-electron chi connectivity index (χ4n) is 1.75. The summed E-state index contributed by atoms with van der Waals surface area (Å²) in [6, 6.07) is 12.7. The molecule has 0 aliphatic rings. The summed E-state index contributed by atoms with van der Waals surface area (Å²) in [5, 5.41) is 5.55. The molecule has 1 aromatic heterocycles. The lowest BCUT2D eigenvalue weighted by atomic mass is 10.3. The quantitative estimate of drug-likeness (QED) is 0.856. The highest BCUT2D eigenvalue weighted by molar-refractivity contribution is 5.90. The Labute approximate surface area is 124 Å². The van der Waals surface area contributed by atoms with E-state index in [1.165, 1.54) is 0 Å². The van der Waals surface area contributed by atoms with Crippen molar-refractivity contribution in [2.24, 2.45) is 0 Å². The van der Waals surface area contributed by atoms with Gasteiger partial charge in [0.1, 0.15) is 5.75 Å². The molecule has 2 N–H and O–H groups in total. The van der Waals surface area contributed by atoms with Gasteiger partial charge in [0.2, 0.25) is 0 Å². The van der Waals surface area contributed by atoms with Crippen molar-refractivity contribution in [2.45, 2.75) is 19.9 Å². The van der Waals surface area contributed by atoms with Gasteiger partial charge < -0.3 is 15.4 Å². The van der Waals surface area contributed by atoms with E-state index < -0.39 is 0 Å². The second-order valence-electron chi connectivity index (χ2n) is 4.47. The number of pyridine rings is 1. The summed E-state index contributed by atoms with van der Waals surface area (Å²) in [6.07, 6.45) is 2.61. The summed E-state index contributed by atoms with van der Waals surface area (Å²) < 4.78 is 5.60. The number of para-hydroxylation sites is 2. The molecule has 1 heterocycles. The second kappa shape index (κ2) is 7.89. The molecule has 0 unspecified atom stereocenters. The first-order valence-corrected chi connectivity index (χ1v) is 6.96. The normalized spacial score (nSPS) is 9.95. The summed E-state index contributed by atoms with van der Waals surface area (Å²) in [6.45, 7) is 3.04. The molecule has 2 rings (SSSR count). The summed E-state index contributed by atoms with van der Waals surface area (Å²) in [7, 11) is 0. The van der Waals surface area contributed by atoms with Gasteiger partial charge in [-0.3, -0.25) is 4.98 Å². The van der Waals surface area contributed by atoms with Gasteiger partial charge in [-0.25, -0.2) is 4.79 Å². The molecule has 2 amide bonds. The molecule has 1 aromatic carbocycles. The molecule has 0 saturated heterocycles. The van der Waals surface area contributed by atoms with Crippen molar-refractivity contribution in [1.29, 1.82) is 0 Å². The molecule has 0 bridgehead atoms. The van der Waals surface area contributed by atoms with Gasteiger partial charge in [0, 0.05) is 6.20 Å². The van der Waals surface area contributed by atoms with Crippen LogP contribution in [-0.4, -0.2) is 17.6 Å². The number of rotatable bonds is 6. The number of anilines is 1. The van der Waals surface area contributed by atoms with Gasteiger partial charge in [-0.1, -0.05) is 25.1 Å². The minimum atomic E-state index is -0.284. The van der Waals surface area contributed by atoms with Gasteiger partial charge >= 0.3 is 6.03 Å². The first kappa shape index (κ1) is 14.8. The number of aromatic nitrogens is 1. The third kappa shape index (κ3) is 4.80. The predicted octanol–water partition coefficient (Wildman–Crippen LogP) is 3.19. The molecule has 0 aliphatic heterocycles. The third-order valence-electron chi connectivity index (χ3n) is 2.75. The van der Waals surface area contributed by atoms with Gasteiger partial charge in [-0.2, -0.15) is 0 Å². The maximum atomic E-state index is 11.9. The van der Waals surface area contributed by atoms with E-state index in [-0.39, 0.29) is 6.03 Å². The highest BCUT2D eigenvalue weighted by Gasteiger charge is 2.07. The number of nitrogens with one attached hydrogen (secondary N) is 2. The van der Waals surface area contributed by atoms with Crippen LogP contribution in [0.1, 0.15) is 19.0 Å². The van der Waals surface area contributed by atoms with Crippen LogP contribution < -0.4 is 15.4 Å². The second-order valence-corrected chi connectivity index (χ2v) is 4.47. The van der Waals surface area contributed by atoms with Crippen LogP contribution in [0.2, 0.25) is 0 Å². The number of benzene rings is 1. The Morgan fingerprint density at radius 3 is 2.76 bits per heavy atom. The van der Waals surface area contributed by atoms with Crippen LogP contribution in [0.15, 0.2) is 48.7 Å². The lowest BCUT2D eigenvalue weighted by Crippen LogP contribution is -2.28. The number of carbonyl (C=O) groups is 1. The van der Waals surface area contributed by atoms with Crippen LogP contribution in [0.4, 0.5) is 10.5 Å². The number of amides is 2. The minimum absolute atomic E-state index is 0.284. The summed E-state index contributed by atoms with van der Waals surface area (Å²) in [4.78, 5) is 16.1. The molecule has 21 heavy (non-hydrogen) atoms. The lowest BCUT2D eigenvalue weighted by Gasteiger charge is -2.12. The zero-order chi connectivity index (χ0) is 14.9. The summed E-state index contributed by atoms with van der Waals surface area (Å²) in [5.74, 6) is 0.673. The van der Waals surface area contributed by atoms with Crippen molar-refractivity contribution < 1.29 is 9.53 Å². The molecule has 110 valence electrons. The Morgan fingerprint density at radius 1 is 1.19 bits per heavy atom. The van der Waals surface area contributed by atoms with Crippen molar-refractivity contribution in [3.63, 3.8) is 0 Å². The third-order valence-corrected chi connectivity index (χ3v) is 2.75. The molecular formula is C16H19N3O2. The Balaban J connectivity index is 1.90. The summed E-state index contributed by atoms with van der Waals surface area (Å²) in [5.41, 5.74) is 1.47. The van der Waals surface area contributed by atoms with E-state index in [2.05, 4.69) is 15.6 Å². The van der Waals surface area contributed by atoms with E-state index in [4.69, 9.17) is 4.74 Å². The van der Waals surface area contributed by atoms with Crippen molar-refractivity contribution in [3.8, 4) is 5.75 Å². The zero-order valence-corrected chi connectivity index (χ0v) is 12.0. The number of carbonyl (C=O) groups excluding carboxylic acids is 1. The van der Waals surface area contributed by atoms with E-state index in [0.29, 0.717) is 24.6 Å². The molecule has 2 aromatic rings. The molecule has 0 atom stereocenters. The average Bonchev–Trinajstić information content (AvgIpc) is 2.53. The molecular weight excluding hydrogens is 266 g/mol. The van der Waals surface area contributed by atoms with Crippen LogP contribution in [0.5, 0.6) is 5.75 Å². The molecule has 0 fully saturated rings. The van der Waals surface area contributed by atoms with Crippen molar-refractivity contribution in [3.05, 3.63) is 54.4 Å². The number of nitrogens with zero attached hydrogens (tertiary/aromatic N) is 1. The molecule has 0 saturated carbocycles. The fraction of sp³-hybridized carbons (Fsp3) is 0.250. The van der Waals surface area contributed by atoms with Gasteiger partial charge in [0.25, 0.3) is 0 Å². The van der Waals surface area contributed by atoms with Crippen LogP contribution in [0.25, 0.3) is 0 Å². The first-order chi connectivity index (χ1) is 10.3. The Kier molecular flexibility index (Phi) is 5.58. The van der Waals surface area contributed by atoms with Gasteiger partial charge in [-0.05, 0) is 30.7 Å². The number of urea groups is 1. The zero-order valence-electron chi connectivity index (χ0n) is 12.0. The Bertz CT molecular complexity index is 573. The number of hydrogen-bond acceptors (Lipinski definition) is 3.